The molecular weight excluding hydrogens is 697 g/mol. The van der Waals surface area contributed by atoms with Crippen LogP contribution < -0.4 is 0 Å². The Hall–Kier alpha value is -6.68. The quantitative estimate of drug-likeness (QED) is 0.176. The van der Waals surface area contributed by atoms with Gasteiger partial charge in [0, 0.05) is 42.3 Å². The summed E-state index contributed by atoms with van der Waals surface area (Å²) in [5.41, 5.74) is 15.4. The third kappa shape index (κ3) is 5.23. The summed E-state index contributed by atoms with van der Waals surface area (Å²) in [7, 11) is 0. The zero-order valence-corrected chi connectivity index (χ0v) is 31.9. The van der Waals surface area contributed by atoms with Crippen LogP contribution >= 0.6 is 11.3 Å². The number of nitrogens with zero attached hydrogens (tertiary/aromatic N) is 2. The summed E-state index contributed by atoms with van der Waals surface area (Å²) in [5, 5.41) is 4.88. The molecule has 0 fully saturated rings. The summed E-state index contributed by atoms with van der Waals surface area (Å²) in [6.45, 7) is 4.70. The van der Waals surface area contributed by atoms with Crippen molar-refractivity contribution >= 4 is 42.3 Å². The van der Waals surface area contributed by atoms with Crippen molar-refractivity contribution in [3.63, 3.8) is 0 Å². The highest BCUT2D eigenvalue weighted by atomic mass is 32.1. The second kappa shape index (κ2) is 12.7. The van der Waals surface area contributed by atoms with Crippen LogP contribution in [-0.4, -0.2) is 9.97 Å². The van der Waals surface area contributed by atoms with E-state index in [-0.39, 0.29) is 5.41 Å². The molecule has 0 N–H and O–H groups in total. The van der Waals surface area contributed by atoms with E-state index < -0.39 is 0 Å². The molecule has 2 aromatic heterocycles. The van der Waals surface area contributed by atoms with Gasteiger partial charge in [-0.15, -0.1) is 11.3 Å². The summed E-state index contributed by atoms with van der Waals surface area (Å²) >= 11 is 1.85. The van der Waals surface area contributed by atoms with Gasteiger partial charge in [-0.3, -0.25) is 0 Å². The highest BCUT2D eigenvalue weighted by Crippen LogP contribution is 2.50. The molecule has 1 aliphatic carbocycles. The Balaban J connectivity index is 1.06. The molecule has 0 saturated heterocycles. The highest BCUT2D eigenvalue weighted by molar-refractivity contribution is 7.26. The van der Waals surface area contributed by atoms with Gasteiger partial charge in [0.05, 0.1) is 11.4 Å². The lowest BCUT2D eigenvalue weighted by Gasteiger charge is -2.22. The largest absolute Gasteiger partial charge is 0.228 e. The SMILES string of the molecule is CC1(C)c2ccccc2-c2ccc(-c3ccc4ccc(-c5ccc(-c6nc(-c7ccccc7)cc(-c7ccccc7)n6)c6c5sc5ccccc56)cc4c3)cc21. The Morgan fingerprint density at radius 1 is 0.411 bits per heavy atom. The molecule has 0 amide bonds. The predicted molar refractivity (Wildman–Crippen MR) is 237 cm³/mol. The minimum Gasteiger partial charge on any atom is -0.228 e. The average Bonchev–Trinajstić information content (AvgIpc) is 3.76. The summed E-state index contributed by atoms with van der Waals surface area (Å²) in [6, 6.07) is 65.9. The first-order valence-electron chi connectivity index (χ1n) is 19.2. The average molecular weight is 733 g/mol. The van der Waals surface area contributed by atoms with E-state index in [2.05, 4.69) is 184 Å². The molecule has 0 aliphatic heterocycles. The monoisotopic (exact) mass is 732 g/mol. The fourth-order valence-electron chi connectivity index (χ4n) is 8.80. The second-order valence-corrected chi connectivity index (χ2v) is 16.4. The van der Waals surface area contributed by atoms with E-state index in [1.54, 1.807) is 0 Å². The molecule has 2 heterocycles. The topological polar surface area (TPSA) is 25.8 Å². The van der Waals surface area contributed by atoms with Crippen LogP contribution in [0.2, 0.25) is 0 Å². The van der Waals surface area contributed by atoms with Crippen LogP contribution in [-0.2, 0) is 5.41 Å². The van der Waals surface area contributed by atoms with Gasteiger partial charge >= 0.3 is 0 Å². The van der Waals surface area contributed by atoms with Crippen LogP contribution in [0.15, 0.2) is 182 Å². The zero-order chi connectivity index (χ0) is 37.4. The van der Waals surface area contributed by atoms with Crippen LogP contribution in [0.3, 0.4) is 0 Å². The van der Waals surface area contributed by atoms with Crippen molar-refractivity contribution < 1.29 is 0 Å². The molecular formula is C53H36N2S. The minimum atomic E-state index is -0.0369. The number of hydrogen-bond acceptors (Lipinski definition) is 3. The van der Waals surface area contributed by atoms with E-state index in [1.807, 2.05) is 23.5 Å². The lowest BCUT2D eigenvalue weighted by molar-refractivity contribution is 0.660. The predicted octanol–water partition coefficient (Wildman–Crippen LogP) is 14.6. The van der Waals surface area contributed by atoms with Gasteiger partial charge in [0.25, 0.3) is 0 Å². The second-order valence-electron chi connectivity index (χ2n) is 15.4. The molecule has 0 spiro atoms. The molecule has 10 aromatic rings. The number of fused-ring (bicyclic) bond motifs is 7. The van der Waals surface area contributed by atoms with Gasteiger partial charge in [0.15, 0.2) is 5.82 Å². The molecule has 264 valence electrons. The van der Waals surface area contributed by atoms with Gasteiger partial charge < -0.3 is 0 Å². The van der Waals surface area contributed by atoms with Crippen LogP contribution in [0, 0.1) is 0 Å². The number of hydrogen-bond donors (Lipinski definition) is 0. The molecule has 3 heteroatoms. The smallest absolute Gasteiger partial charge is 0.161 e. The van der Waals surface area contributed by atoms with Gasteiger partial charge in [-0.1, -0.05) is 159 Å². The molecule has 2 nitrogen and oxygen atoms in total. The Morgan fingerprint density at radius 2 is 0.982 bits per heavy atom. The van der Waals surface area contributed by atoms with Gasteiger partial charge in [0.1, 0.15) is 0 Å². The van der Waals surface area contributed by atoms with Crippen LogP contribution in [0.25, 0.3) is 98.2 Å². The molecule has 0 radical (unpaired) electrons. The summed E-state index contributed by atoms with van der Waals surface area (Å²) < 4.78 is 2.50. The van der Waals surface area contributed by atoms with Crippen molar-refractivity contribution in [1.82, 2.24) is 9.97 Å². The molecule has 0 atom stereocenters. The summed E-state index contributed by atoms with van der Waals surface area (Å²) in [5.74, 6) is 0.731. The Bertz CT molecular complexity index is 3100. The lowest BCUT2D eigenvalue weighted by Crippen LogP contribution is -2.14. The van der Waals surface area contributed by atoms with E-state index in [9.17, 15) is 0 Å². The molecule has 11 rings (SSSR count). The molecule has 8 aromatic carbocycles. The fraction of sp³-hybridized carbons (Fsp3) is 0.0566. The summed E-state index contributed by atoms with van der Waals surface area (Å²) in [6.07, 6.45) is 0. The Labute approximate surface area is 330 Å². The molecule has 0 saturated carbocycles. The molecule has 0 bridgehead atoms. The van der Waals surface area contributed by atoms with Gasteiger partial charge in [-0.2, -0.15) is 0 Å². The molecule has 0 unspecified atom stereocenters. The van der Waals surface area contributed by atoms with E-state index in [0.717, 1.165) is 33.9 Å². The lowest BCUT2D eigenvalue weighted by atomic mass is 9.81. The Morgan fingerprint density at radius 3 is 1.75 bits per heavy atom. The third-order valence-corrected chi connectivity index (χ3v) is 12.9. The van der Waals surface area contributed by atoms with Crippen LogP contribution in [0.1, 0.15) is 25.0 Å². The van der Waals surface area contributed by atoms with Crippen molar-refractivity contribution in [2.24, 2.45) is 0 Å². The maximum atomic E-state index is 5.25. The van der Waals surface area contributed by atoms with Crippen molar-refractivity contribution in [2.75, 3.05) is 0 Å². The maximum absolute atomic E-state index is 5.25. The first-order chi connectivity index (χ1) is 27.5. The van der Waals surface area contributed by atoms with Crippen LogP contribution in [0.5, 0.6) is 0 Å². The first-order valence-corrected chi connectivity index (χ1v) is 20.0. The Kier molecular flexibility index (Phi) is 7.42. The third-order valence-electron chi connectivity index (χ3n) is 11.7. The zero-order valence-electron chi connectivity index (χ0n) is 31.1. The standard InChI is InChI=1S/C53H36N2S/c1-53(2)45-19-11-9-17-41(45)42-26-25-37(31-46(42)53)36-23-21-33-22-24-38(30-39(33)29-36)40-27-28-44(50-43-18-10-12-20-49(43)56-51(40)50)52-54-47(34-13-5-3-6-14-34)32-48(55-52)35-15-7-4-8-16-35/h3-32H,1-2H3. The molecule has 1 aliphatic rings. The van der Waals surface area contributed by atoms with Crippen molar-refractivity contribution in [2.45, 2.75) is 19.3 Å². The van der Waals surface area contributed by atoms with Gasteiger partial charge in [-0.05, 0) is 91.7 Å². The normalized spacial score (nSPS) is 13.0. The van der Waals surface area contributed by atoms with Crippen molar-refractivity contribution in [3.8, 4) is 67.3 Å². The molecule has 56 heavy (non-hydrogen) atoms. The van der Waals surface area contributed by atoms with Crippen LogP contribution in [0.4, 0.5) is 0 Å². The minimum absolute atomic E-state index is 0.0369. The van der Waals surface area contributed by atoms with Crippen molar-refractivity contribution in [1.29, 1.82) is 0 Å². The van der Waals surface area contributed by atoms with Gasteiger partial charge in [0.2, 0.25) is 0 Å². The van der Waals surface area contributed by atoms with E-state index >= 15 is 0 Å². The van der Waals surface area contributed by atoms with E-state index in [4.69, 9.17) is 9.97 Å². The van der Waals surface area contributed by atoms with E-state index in [0.29, 0.717) is 0 Å². The number of benzene rings is 8. The van der Waals surface area contributed by atoms with E-state index in [1.165, 1.54) is 75.5 Å². The maximum Gasteiger partial charge on any atom is 0.161 e. The number of aromatic nitrogens is 2. The summed E-state index contributed by atoms with van der Waals surface area (Å²) in [4.78, 5) is 10.5. The first kappa shape index (κ1) is 32.7. The van der Waals surface area contributed by atoms with Crippen molar-refractivity contribution in [3.05, 3.63) is 193 Å². The highest BCUT2D eigenvalue weighted by Gasteiger charge is 2.35. The number of thiophene rings is 1. The number of rotatable bonds is 5. The van der Waals surface area contributed by atoms with Gasteiger partial charge in [-0.25, -0.2) is 9.97 Å². The fourth-order valence-corrected chi connectivity index (χ4v) is 10.1.